The molecule has 106 valence electrons. The molecule has 0 aromatic heterocycles. The highest BCUT2D eigenvalue weighted by Crippen LogP contribution is 2.20. The van der Waals surface area contributed by atoms with Gasteiger partial charge in [-0.1, -0.05) is 18.2 Å². The Morgan fingerprint density at radius 1 is 1.10 bits per heavy atom. The summed E-state index contributed by atoms with van der Waals surface area (Å²) in [5.41, 5.74) is 10.6. The van der Waals surface area contributed by atoms with Crippen LogP contribution in [0.25, 0.3) is 0 Å². The Morgan fingerprint density at radius 3 is 2.35 bits per heavy atom. The van der Waals surface area contributed by atoms with Crippen LogP contribution in [0.3, 0.4) is 0 Å². The van der Waals surface area contributed by atoms with Crippen LogP contribution in [0.5, 0.6) is 0 Å². The van der Waals surface area contributed by atoms with Gasteiger partial charge in [-0.2, -0.15) is 0 Å². The van der Waals surface area contributed by atoms with Crippen LogP contribution in [-0.4, -0.2) is 13.6 Å². The summed E-state index contributed by atoms with van der Waals surface area (Å²) >= 11 is 0. The highest BCUT2D eigenvalue weighted by molar-refractivity contribution is 5.50. The summed E-state index contributed by atoms with van der Waals surface area (Å²) in [7, 11) is 2.01. The van der Waals surface area contributed by atoms with Crippen molar-refractivity contribution in [1.29, 1.82) is 0 Å². The second-order valence-electron chi connectivity index (χ2n) is 5.39. The van der Waals surface area contributed by atoms with Crippen molar-refractivity contribution in [2.75, 3.05) is 18.5 Å². The van der Waals surface area contributed by atoms with Crippen LogP contribution in [-0.2, 0) is 0 Å². The molecule has 0 fully saturated rings. The number of nitrogens with zero attached hydrogens (tertiary/aromatic N) is 1. The number of rotatable bonds is 4. The van der Waals surface area contributed by atoms with E-state index in [1.165, 1.54) is 23.3 Å². The Balaban J connectivity index is 2.12. The zero-order valence-electron chi connectivity index (χ0n) is 12.2. The number of nitrogens with two attached hydrogens (primary N) is 1. The summed E-state index contributed by atoms with van der Waals surface area (Å²) in [5.74, 6) is -0.244. The quantitative estimate of drug-likeness (QED) is 0.921. The molecule has 0 spiro atoms. The van der Waals surface area contributed by atoms with E-state index in [0.717, 1.165) is 11.3 Å². The van der Waals surface area contributed by atoms with Crippen LogP contribution in [0.15, 0.2) is 42.5 Å². The van der Waals surface area contributed by atoms with Gasteiger partial charge in [0.05, 0.1) is 0 Å². The summed E-state index contributed by atoms with van der Waals surface area (Å²) < 4.78 is 13.2. The highest BCUT2D eigenvalue weighted by Gasteiger charge is 2.11. The molecule has 2 nitrogen and oxygen atoms in total. The molecule has 0 aliphatic heterocycles. The zero-order valence-corrected chi connectivity index (χ0v) is 12.2. The Kier molecular flexibility index (Phi) is 4.40. The molecule has 0 aliphatic rings. The van der Waals surface area contributed by atoms with Crippen LogP contribution in [0, 0.1) is 19.7 Å². The highest BCUT2D eigenvalue weighted by atomic mass is 19.1. The monoisotopic (exact) mass is 272 g/mol. The van der Waals surface area contributed by atoms with E-state index in [1.54, 1.807) is 6.07 Å². The molecule has 2 aromatic carbocycles. The van der Waals surface area contributed by atoms with E-state index in [9.17, 15) is 4.39 Å². The van der Waals surface area contributed by atoms with Gasteiger partial charge in [0.2, 0.25) is 0 Å². The molecule has 2 aromatic rings. The molecule has 0 saturated carbocycles. The molecule has 1 unspecified atom stereocenters. The lowest BCUT2D eigenvalue weighted by Crippen LogP contribution is -2.29. The van der Waals surface area contributed by atoms with Crippen molar-refractivity contribution in [3.05, 3.63) is 65.0 Å². The van der Waals surface area contributed by atoms with Crippen molar-refractivity contribution in [2.24, 2.45) is 5.73 Å². The molecule has 2 rings (SSSR count). The van der Waals surface area contributed by atoms with Gasteiger partial charge in [0.1, 0.15) is 5.82 Å². The molecular weight excluding hydrogens is 251 g/mol. The first kappa shape index (κ1) is 14.5. The van der Waals surface area contributed by atoms with Gasteiger partial charge in [-0.3, -0.25) is 0 Å². The number of anilines is 1. The maximum atomic E-state index is 13.2. The molecule has 3 heteroatoms. The van der Waals surface area contributed by atoms with E-state index in [0.29, 0.717) is 6.54 Å². The number of hydrogen-bond donors (Lipinski definition) is 1. The van der Waals surface area contributed by atoms with Crippen LogP contribution in [0.4, 0.5) is 10.1 Å². The first-order valence-electron chi connectivity index (χ1n) is 6.76. The number of aryl methyl sites for hydroxylation is 2. The topological polar surface area (TPSA) is 29.3 Å². The van der Waals surface area contributed by atoms with Crippen molar-refractivity contribution in [1.82, 2.24) is 0 Å². The number of halogens is 1. The van der Waals surface area contributed by atoms with Crippen LogP contribution < -0.4 is 10.6 Å². The lowest BCUT2D eigenvalue weighted by molar-refractivity contribution is 0.618. The Bertz CT molecular complexity index is 575. The number of likely N-dealkylation sites (N-methyl/N-ethyl adjacent to an activating group) is 1. The van der Waals surface area contributed by atoms with Crippen molar-refractivity contribution in [3.63, 3.8) is 0 Å². The van der Waals surface area contributed by atoms with Gasteiger partial charge in [0.25, 0.3) is 0 Å². The third kappa shape index (κ3) is 3.58. The van der Waals surface area contributed by atoms with Crippen LogP contribution in [0.1, 0.15) is 22.7 Å². The predicted molar refractivity (Wildman–Crippen MR) is 82.5 cm³/mol. The first-order valence-corrected chi connectivity index (χ1v) is 6.76. The van der Waals surface area contributed by atoms with E-state index in [-0.39, 0.29) is 11.9 Å². The van der Waals surface area contributed by atoms with Gasteiger partial charge in [-0.15, -0.1) is 0 Å². The summed E-state index contributed by atoms with van der Waals surface area (Å²) in [6.45, 7) is 4.81. The lowest BCUT2D eigenvalue weighted by Gasteiger charge is -2.24. The molecule has 0 bridgehead atoms. The lowest BCUT2D eigenvalue weighted by atomic mass is 10.1. The largest absolute Gasteiger partial charge is 0.373 e. The third-order valence-corrected chi connectivity index (χ3v) is 3.39. The minimum atomic E-state index is -0.244. The van der Waals surface area contributed by atoms with Crippen molar-refractivity contribution >= 4 is 5.69 Å². The normalized spacial score (nSPS) is 12.2. The van der Waals surface area contributed by atoms with Gasteiger partial charge in [0, 0.05) is 25.3 Å². The molecule has 0 radical (unpaired) electrons. The van der Waals surface area contributed by atoms with Gasteiger partial charge >= 0.3 is 0 Å². The van der Waals surface area contributed by atoms with Crippen LogP contribution >= 0.6 is 0 Å². The Hall–Kier alpha value is -1.87. The fourth-order valence-electron chi connectivity index (χ4n) is 2.41. The predicted octanol–water partition coefficient (Wildman–Crippen LogP) is 3.58. The van der Waals surface area contributed by atoms with Gasteiger partial charge in [-0.25, -0.2) is 4.39 Å². The van der Waals surface area contributed by atoms with Crippen molar-refractivity contribution in [3.8, 4) is 0 Å². The summed E-state index contributed by atoms with van der Waals surface area (Å²) in [6, 6.07) is 12.7. The summed E-state index contributed by atoms with van der Waals surface area (Å²) in [6.07, 6.45) is 0. The second-order valence-corrected chi connectivity index (χ2v) is 5.39. The zero-order chi connectivity index (χ0) is 14.7. The van der Waals surface area contributed by atoms with E-state index in [1.807, 2.05) is 13.1 Å². The van der Waals surface area contributed by atoms with Crippen molar-refractivity contribution in [2.45, 2.75) is 19.9 Å². The maximum Gasteiger partial charge on any atom is 0.123 e. The van der Waals surface area contributed by atoms with E-state index >= 15 is 0 Å². The van der Waals surface area contributed by atoms with Gasteiger partial charge in [-0.05, 0) is 54.8 Å². The summed E-state index contributed by atoms with van der Waals surface area (Å²) in [5, 5.41) is 0. The summed E-state index contributed by atoms with van der Waals surface area (Å²) in [4.78, 5) is 2.11. The Morgan fingerprint density at radius 2 is 1.75 bits per heavy atom. The fraction of sp³-hybridized carbons (Fsp3) is 0.294. The maximum absolute atomic E-state index is 13.2. The van der Waals surface area contributed by atoms with Gasteiger partial charge < -0.3 is 10.6 Å². The average molecular weight is 272 g/mol. The minimum absolute atomic E-state index is 0.212. The molecule has 0 aliphatic carbocycles. The standard InChI is InChI=1S/C17H21FN2/c1-12-7-13(2)9-16(8-12)20(3)11-17(19)14-5-4-6-15(18)10-14/h4-10,17H,11,19H2,1-3H3. The molecule has 20 heavy (non-hydrogen) atoms. The molecule has 0 heterocycles. The number of hydrogen-bond acceptors (Lipinski definition) is 2. The van der Waals surface area contributed by atoms with E-state index in [4.69, 9.17) is 5.73 Å². The third-order valence-electron chi connectivity index (χ3n) is 3.39. The molecular formula is C17H21FN2. The van der Waals surface area contributed by atoms with Crippen LogP contribution in [0.2, 0.25) is 0 Å². The van der Waals surface area contributed by atoms with Gasteiger partial charge in [0.15, 0.2) is 0 Å². The van der Waals surface area contributed by atoms with E-state index < -0.39 is 0 Å². The smallest absolute Gasteiger partial charge is 0.123 e. The minimum Gasteiger partial charge on any atom is -0.373 e. The Labute approximate surface area is 120 Å². The SMILES string of the molecule is Cc1cc(C)cc(N(C)CC(N)c2cccc(F)c2)c1. The fourth-order valence-corrected chi connectivity index (χ4v) is 2.41. The number of benzene rings is 2. The molecule has 0 saturated heterocycles. The first-order chi connectivity index (χ1) is 9.45. The second kappa shape index (κ2) is 6.06. The average Bonchev–Trinajstić information content (AvgIpc) is 2.37. The molecule has 0 amide bonds. The molecule has 1 atom stereocenters. The van der Waals surface area contributed by atoms with Crippen molar-refractivity contribution < 1.29 is 4.39 Å². The molecule has 2 N–H and O–H groups in total. The van der Waals surface area contributed by atoms with E-state index in [2.05, 4.69) is 36.9 Å².